The number of hydrogen-bond acceptors (Lipinski definition) is 21. The van der Waals surface area contributed by atoms with Gasteiger partial charge in [-0.25, -0.2) is 0 Å². The Balaban J connectivity index is 0.000000201. The van der Waals surface area contributed by atoms with Crippen molar-refractivity contribution in [3.05, 3.63) is 0 Å². The Labute approximate surface area is 859 Å². The number of ether oxygens (including phenoxy) is 14. The zero-order valence-corrected chi connectivity index (χ0v) is 98.1. The fourth-order valence-corrected chi connectivity index (χ4v) is 28.5. The third-order valence-corrected chi connectivity index (χ3v) is 43.9. The second-order valence-electron chi connectivity index (χ2n) is 55.8. The minimum atomic E-state index is -0.469. The Hall–Kier alpha value is -3.99. The lowest BCUT2D eigenvalue weighted by Gasteiger charge is -2.43. The molecule has 14 saturated carbocycles. The Morgan fingerprint density at radius 1 is 0.270 bits per heavy atom. The molecule has 0 aliphatic heterocycles. The van der Waals surface area contributed by atoms with Crippen molar-refractivity contribution in [2.75, 3.05) is 20.4 Å². The summed E-state index contributed by atoms with van der Waals surface area (Å²) in [5, 5.41) is 0. The van der Waals surface area contributed by atoms with Crippen LogP contribution in [0.25, 0.3) is 0 Å². The van der Waals surface area contributed by atoms with Crippen LogP contribution < -0.4 is 0 Å². The molecule has 21 heteroatoms. The molecule has 14 bridgehead atoms. The Kier molecular flexibility index (Phi) is 39.6. The molecule has 14 aliphatic rings. The van der Waals surface area contributed by atoms with Gasteiger partial charge in [0.2, 0.25) is 0 Å². The Bertz CT molecular complexity index is 4130. The normalized spacial score (nSPS) is 36.4. The van der Waals surface area contributed by atoms with Crippen LogP contribution in [0.15, 0.2) is 0 Å². The number of carbonyl (C=O) groups excluding carboxylic acids is 7. The van der Waals surface area contributed by atoms with E-state index in [1.165, 1.54) is 109 Å². The largest absolute Gasteiger partial charge is 0.438 e. The van der Waals surface area contributed by atoms with Gasteiger partial charge < -0.3 is 66.3 Å². The predicted molar refractivity (Wildman–Crippen MR) is 558 cm³/mol. The number of rotatable bonds is 35. The Morgan fingerprint density at radius 2 is 0.504 bits per heavy atom. The van der Waals surface area contributed by atoms with E-state index in [1.54, 1.807) is 0 Å². The fraction of sp³-hybridized carbons (Fsp3) is 0.942. The van der Waals surface area contributed by atoms with Gasteiger partial charge in [0.1, 0.15) is 0 Å². The first-order chi connectivity index (χ1) is 64.6. The molecule has 818 valence electrons. The van der Waals surface area contributed by atoms with Crippen molar-refractivity contribution in [3.8, 4) is 0 Å². The van der Waals surface area contributed by atoms with Crippen LogP contribution in [0.5, 0.6) is 0 Å². The van der Waals surface area contributed by atoms with E-state index in [9.17, 15) is 33.6 Å². The third-order valence-electron chi connectivity index (χ3n) is 43.9. The number of fused-ring (bicyclic) bond motifs is 14. The highest BCUT2D eigenvalue weighted by Crippen LogP contribution is 2.72. The Morgan fingerprint density at radius 3 is 0.759 bits per heavy atom. The fourth-order valence-electron chi connectivity index (χ4n) is 28.5. The zero-order chi connectivity index (χ0) is 107. The average Bonchev–Trinajstić information content (AvgIpc) is 1.60. The van der Waals surface area contributed by atoms with Crippen LogP contribution in [0.1, 0.15) is 478 Å². The van der Waals surface area contributed by atoms with Gasteiger partial charge in [-0.2, -0.15) is 0 Å². The monoisotopic (exact) mass is 1990 g/mol. The van der Waals surface area contributed by atoms with Crippen molar-refractivity contribution in [1.29, 1.82) is 0 Å². The molecule has 14 rings (SSSR count). The first-order valence-electron chi connectivity index (χ1n) is 56.4. The molecule has 141 heavy (non-hydrogen) atoms. The first-order valence-corrected chi connectivity index (χ1v) is 56.4. The molecule has 0 aromatic rings. The maximum absolute atomic E-state index is 12.2. The van der Waals surface area contributed by atoms with E-state index in [4.69, 9.17) is 66.3 Å². The van der Waals surface area contributed by atoms with Gasteiger partial charge in [0.25, 0.3) is 0 Å². The van der Waals surface area contributed by atoms with Crippen molar-refractivity contribution in [3.63, 3.8) is 0 Å². The number of carbonyl (C=O) groups is 7. The summed E-state index contributed by atoms with van der Waals surface area (Å²) in [6.07, 6.45) is 31.1. The third kappa shape index (κ3) is 25.3. The van der Waals surface area contributed by atoms with E-state index in [1.807, 2.05) is 152 Å². The zero-order valence-electron chi connectivity index (χ0n) is 98.1. The lowest BCUT2D eigenvalue weighted by Crippen LogP contribution is -2.45. The number of hydrogen-bond donors (Lipinski definition) is 0. The standard InChI is InChI=1S/2C18H32O3.4C17H30O3.C16H28O3/c1-8-16(3,4)15(19)21-12(2)20-14-17(5,6)13-9-10-18(14,7)11-13;1-8-16(3,4)15(19)21-12(2)20-14-11-13-9-10-18(14,7)17(13,5)6;1-7-15(2,3)14(18)20-11-19-13-16(4,5)12-8-9-17(13,6)10-12;1-7-15(2,3)14(18)20-11-19-13-10-12-8-9-17(13,6)16(12,4)5;1-7-11(2)14(18)19-12(3)20-15-16(4,5)13-8-9-17(15,6)10-13;1-7-11(2)15(18)20-12(3)19-14-10-13-8-9-17(14,6)16(13,4)5;1-6-11(2)14(17)19-10-18-13-9-12-7-8-16(13,5)15(12,3)4/h2*12-14H,8-11H2,1-7H3;2*12-13H,7-11H2,1-6H3;11-13,15H,7-10H2,1-6H3;11-14H,7-10H2,1-6H3;11-13H,6-10H2,1-5H3. The second kappa shape index (κ2) is 45.7. The van der Waals surface area contributed by atoms with Crippen molar-refractivity contribution < 1.29 is 99.9 Å². The van der Waals surface area contributed by atoms with Gasteiger partial charge in [0.15, 0.2) is 45.5 Å². The smallest absolute Gasteiger partial charge is 0.313 e. The average molecular weight is 1990 g/mol. The second-order valence-corrected chi connectivity index (χ2v) is 55.8. The highest BCUT2D eigenvalue weighted by Gasteiger charge is 2.68. The maximum atomic E-state index is 12.2. The van der Waals surface area contributed by atoms with Crippen LogP contribution in [0.4, 0.5) is 0 Å². The van der Waals surface area contributed by atoms with Crippen molar-refractivity contribution >= 4 is 41.8 Å². The summed E-state index contributed by atoms with van der Waals surface area (Å²) < 4.78 is 80.4. The summed E-state index contributed by atoms with van der Waals surface area (Å²) in [7, 11) is 0. The summed E-state index contributed by atoms with van der Waals surface area (Å²) in [6.45, 7) is 91.8. The number of esters is 7. The molecular formula is C120H212O21. The molecule has 14 fully saturated rings. The summed E-state index contributed by atoms with van der Waals surface area (Å²) in [6, 6.07) is 0. The predicted octanol–water partition coefficient (Wildman–Crippen LogP) is 29.5. The van der Waals surface area contributed by atoms with E-state index in [0.717, 1.165) is 112 Å². The molecule has 28 unspecified atom stereocenters. The quantitative estimate of drug-likeness (QED) is 0.0325. The van der Waals surface area contributed by atoms with Crippen LogP contribution in [-0.4, -0.2) is 130 Å². The molecular weight excluding hydrogens is 1780 g/mol. The van der Waals surface area contributed by atoms with Gasteiger partial charge in [0, 0.05) is 0 Å². The molecule has 0 amide bonds. The summed E-state index contributed by atoms with van der Waals surface area (Å²) in [5.41, 5.74) is 1.84. The molecule has 0 aromatic carbocycles. The van der Waals surface area contributed by atoms with Crippen LogP contribution in [0.3, 0.4) is 0 Å². The molecule has 28 atom stereocenters. The van der Waals surface area contributed by atoms with E-state index in [0.29, 0.717) is 21.7 Å². The molecule has 0 aromatic heterocycles. The van der Waals surface area contributed by atoms with Crippen LogP contribution in [0.2, 0.25) is 0 Å². The van der Waals surface area contributed by atoms with E-state index in [2.05, 4.69) is 145 Å². The molecule has 14 aliphatic carbocycles. The van der Waals surface area contributed by atoms with E-state index < -0.39 is 46.8 Å². The van der Waals surface area contributed by atoms with Gasteiger partial charge in [-0.15, -0.1) is 0 Å². The van der Waals surface area contributed by atoms with Gasteiger partial charge >= 0.3 is 41.8 Å². The van der Waals surface area contributed by atoms with Crippen LogP contribution in [-0.2, 0) is 99.9 Å². The van der Waals surface area contributed by atoms with Gasteiger partial charge in [-0.05, 0) is 380 Å². The van der Waals surface area contributed by atoms with Gasteiger partial charge in [-0.3, -0.25) is 33.6 Å². The lowest BCUT2D eigenvalue weighted by atomic mass is 9.70. The summed E-state index contributed by atoms with van der Waals surface area (Å²) >= 11 is 0. The summed E-state index contributed by atoms with van der Waals surface area (Å²) in [4.78, 5) is 83.5. The molecule has 0 N–H and O–H groups in total. The highest BCUT2D eigenvalue weighted by molar-refractivity contribution is 5.77. The lowest BCUT2D eigenvalue weighted by molar-refractivity contribution is -0.219. The topological polar surface area (TPSA) is 249 Å². The SMILES string of the molecule is CCC(C)(C)C(=O)OC(C)OC1C2(C)CCC(C2)C1(C)C.CCC(C)(C)C(=O)OC(C)OC1CC2CCC1(C)C2(C)C.CCC(C)(C)C(=O)OCOC1C2(C)CCC(C2)C1(C)C.CCC(C)(C)C(=O)OCOC1CC2CCC1(C)C2(C)C.CCC(C)C(=O)OC(C)OC1C2(C)CCC(C2)C1(C)C.CCC(C)C(=O)OC(C)OC1CC2CCC1(C)C2(C)C.CCC(C)C(=O)OCOC1CC2CCC1(C)C2(C)C. The van der Waals surface area contributed by atoms with Crippen LogP contribution in [0, 0.1) is 157 Å². The maximum Gasteiger partial charge on any atom is 0.313 e. The molecule has 0 spiro atoms. The van der Waals surface area contributed by atoms with E-state index in [-0.39, 0.29) is 177 Å². The summed E-state index contributed by atoms with van der Waals surface area (Å²) in [5.74, 6) is 4.01. The minimum absolute atomic E-state index is 0.0318. The van der Waals surface area contributed by atoms with Crippen molar-refractivity contribution in [2.45, 2.75) is 545 Å². The molecule has 0 radical (unpaired) electrons. The van der Waals surface area contributed by atoms with Crippen molar-refractivity contribution in [1.82, 2.24) is 0 Å². The van der Waals surface area contributed by atoms with Gasteiger partial charge in [-0.1, -0.05) is 215 Å². The van der Waals surface area contributed by atoms with Gasteiger partial charge in [0.05, 0.1) is 82.1 Å². The van der Waals surface area contributed by atoms with Crippen LogP contribution >= 0.6 is 0 Å². The first kappa shape index (κ1) is 122. The van der Waals surface area contributed by atoms with Crippen molar-refractivity contribution in [2.24, 2.45) is 157 Å². The van der Waals surface area contributed by atoms with E-state index >= 15 is 0 Å². The molecule has 21 nitrogen and oxygen atoms in total. The molecule has 0 heterocycles. The highest BCUT2D eigenvalue weighted by atomic mass is 16.7. The minimum Gasteiger partial charge on any atom is -0.438 e. The molecule has 0 saturated heterocycles.